The van der Waals surface area contributed by atoms with Gasteiger partial charge in [0.15, 0.2) is 11.5 Å². The molecular weight excluding hydrogens is 258 g/mol. The molecule has 0 aliphatic carbocycles. The third kappa shape index (κ3) is 3.85. The average molecular weight is 281 g/mol. The Labute approximate surface area is 120 Å². The summed E-state index contributed by atoms with van der Waals surface area (Å²) < 4.78 is 16.8. The molecule has 1 saturated heterocycles. The maximum absolute atomic E-state index is 9.58. The maximum atomic E-state index is 9.58. The van der Waals surface area contributed by atoms with Crippen LogP contribution in [0.4, 0.5) is 0 Å². The van der Waals surface area contributed by atoms with E-state index in [4.69, 9.17) is 14.2 Å². The number of morpholine rings is 1. The first-order valence-corrected chi connectivity index (χ1v) is 6.89. The number of rotatable bonds is 5. The Morgan fingerprint density at radius 1 is 1.45 bits per heavy atom. The second-order valence-electron chi connectivity index (χ2n) is 5.15. The molecule has 1 heterocycles. The van der Waals surface area contributed by atoms with Crippen molar-refractivity contribution in [3.63, 3.8) is 0 Å². The summed E-state index contributed by atoms with van der Waals surface area (Å²) in [5.74, 6) is 1.31. The summed E-state index contributed by atoms with van der Waals surface area (Å²) in [7, 11) is 3.67. The zero-order valence-corrected chi connectivity index (χ0v) is 12.3. The summed E-state index contributed by atoms with van der Waals surface area (Å²) in [6.07, 6.45) is -0.442. The van der Waals surface area contributed by atoms with Gasteiger partial charge in [0.25, 0.3) is 0 Å². The Kier molecular flexibility index (Phi) is 5.23. The summed E-state index contributed by atoms with van der Waals surface area (Å²) in [6.45, 7) is 4.79. The van der Waals surface area contributed by atoms with E-state index < -0.39 is 6.10 Å². The Morgan fingerprint density at radius 3 is 2.90 bits per heavy atom. The molecule has 1 N–H and O–H groups in total. The highest BCUT2D eigenvalue weighted by molar-refractivity contribution is 5.43. The number of benzene rings is 1. The van der Waals surface area contributed by atoms with Crippen molar-refractivity contribution >= 4 is 0 Å². The average Bonchev–Trinajstić information content (AvgIpc) is 2.45. The number of aliphatic hydroxyl groups is 1. The van der Waals surface area contributed by atoms with Gasteiger partial charge in [-0.1, -0.05) is 6.07 Å². The SMILES string of the molecule is COc1cc(C(C)O)ccc1OCC1CN(C)CCO1. The van der Waals surface area contributed by atoms with E-state index in [0.29, 0.717) is 18.1 Å². The van der Waals surface area contributed by atoms with Crippen LogP contribution in [-0.2, 0) is 4.74 Å². The van der Waals surface area contributed by atoms with Crippen molar-refractivity contribution in [1.82, 2.24) is 4.90 Å². The quantitative estimate of drug-likeness (QED) is 0.885. The lowest BCUT2D eigenvalue weighted by Crippen LogP contribution is -2.42. The van der Waals surface area contributed by atoms with Gasteiger partial charge in [-0.3, -0.25) is 0 Å². The van der Waals surface area contributed by atoms with Crippen molar-refractivity contribution < 1.29 is 19.3 Å². The molecule has 0 radical (unpaired) electrons. The third-order valence-electron chi connectivity index (χ3n) is 3.44. The molecule has 2 unspecified atom stereocenters. The third-order valence-corrected chi connectivity index (χ3v) is 3.44. The van der Waals surface area contributed by atoms with E-state index in [1.54, 1.807) is 20.1 Å². The number of likely N-dealkylation sites (N-methyl/N-ethyl adjacent to an activating group) is 1. The predicted molar refractivity (Wildman–Crippen MR) is 76.4 cm³/mol. The predicted octanol–water partition coefficient (Wildman–Crippen LogP) is 1.46. The maximum Gasteiger partial charge on any atom is 0.161 e. The minimum absolute atomic E-state index is 0.0786. The van der Waals surface area contributed by atoms with Gasteiger partial charge in [-0.15, -0.1) is 0 Å². The van der Waals surface area contributed by atoms with Crippen molar-refractivity contribution in [2.24, 2.45) is 0 Å². The molecule has 1 aromatic rings. The van der Waals surface area contributed by atoms with Gasteiger partial charge in [-0.05, 0) is 31.7 Å². The molecule has 1 fully saturated rings. The Hall–Kier alpha value is -1.30. The van der Waals surface area contributed by atoms with Crippen molar-refractivity contribution in [2.45, 2.75) is 19.1 Å². The highest BCUT2D eigenvalue weighted by atomic mass is 16.5. The van der Waals surface area contributed by atoms with Gasteiger partial charge in [0.2, 0.25) is 0 Å². The molecule has 1 aliphatic rings. The number of nitrogens with zero attached hydrogens (tertiary/aromatic N) is 1. The first-order chi connectivity index (χ1) is 9.60. The van der Waals surface area contributed by atoms with E-state index in [-0.39, 0.29) is 6.10 Å². The van der Waals surface area contributed by atoms with Crippen LogP contribution in [0.15, 0.2) is 18.2 Å². The van der Waals surface area contributed by atoms with Crippen LogP contribution in [0.5, 0.6) is 11.5 Å². The molecular formula is C15H23NO4. The highest BCUT2D eigenvalue weighted by Gasteiger charge is 2.19. The smallest absolute Gasteiger partial charge is 0.161 e. The molecule has 0 aromatic heterocycles. The lowest BCUT2D eigenvalue weighted by atomic mass is 10.1. The first kappa shape index (κ1) is 15.1. The Bertz CT molecular complexity index is 436. The summed E-state index contributed by atoms with van der Waals surface area (Å²) in [4.78, 5) is 2.23. The fraction of sp³-hybridized carbons (Fsp3) is 0.600. The number of hydrogen-bond donors (Lipinski definition) is 1. The van der Waals surface area contributed by atoms with Crippen LogP contribution in [0.2, 0.25) is 0 Å². The van der Waals surface area contributed by atoms with Crippen molar-refractivity contribution in [3.8, 4) is 11.5 Å². The monoisotopic (exact) mass is 281 g/mol. The molecule has 0 amide bonds. The fourth-order valence-electron chi connectivity index (χ4n) is 2.21. The van der Waals surface area contributed by atoms with Crippen LogP contribution in [0, 0.1) is 0 Å². The molecule has 1 aliphatic heterocycles. The van der Waals surface area contributed by atoms with E-state index in [0.717, 1.165) is 25.3 Å². The second kappa shape index (κ2) is 6.92. The van der Waals surface area contributed by atoms with Crippen LogP contribution in [0.3, 0.4) is 0 Å². The van der Waals surface area contributed by atoms with Gasteiger partial charge in [-0.2, -0.15) is 0 Å². The van der Waals surface area contributed by atoms with Crippen molar-refractivity contribution in [1.29, 1.82) is 0 Å². The van der Waals surface area contributed by atoms with Gasteiger partial charge in [-0.25, -0.2) is 0 Å². The van der Waals surface area contributed by atoms with Gasteiger partial charge in [0.1, 0.15) is 12.7 Å². The number of methoxy groups -OCH3 is 1. The number of ether oxygens (including phenoxy) is 3. The molecule has 1 aromatic carbocycles. The van der Waals surface area contributed by atoms with Crippen molar-refractivity contribution in [2.75, 3.05) is 40.5 Å². The van der Waals surface area contributed by atoms with Crippen LogP contribution < -0.4 is 9.47 Å². The summed E-state index contributed by atoms with van der Waals surface area (Å²) in [5.41, 5.74) is 0.808. The van der Waals surface area contributed by atoms with Crippen LogP contribution in [-0.4, -0.2) is 56.6 Å². The molecule has 112 valence electrons. The molecule has 5 nitrogen and oxygen atoms in total. The van der Waals surface area contributed by atoms with Gasteiger partial charge in [0, 0.05) is 13.1 Å². The molecule has 0 bridgehead atoms. The molecule has 5 heteroatoms. The Balaban J connectivity index is 1.98. The second-order valence-corrected chi connectivity index (χ2v) is 5.15. The minimum atomic E-state index is -0.520. The topological polar surface area (TPSA) is 51.2 Å². The molecule has 0 spiro atoms. The zero-order chi connectivity index (χ0) is 14.5. The first-order valence-electron chi connectivity index (χ1n) is 6.89. The van der Waals surface area contributed by atoms with E-state index in [2.05, 4.69) is 11.9 Å². The molecule has 20 heavy (non-hydrogen) atoms. The summed E-state index contributed by atoms with van der Waals surface area (Å²) in [6, 6.07) is 5.47. The van der Waals surface area contributed by atoms with Crippen molar-refractivity contribution in [3.05, 3.63) is 23.8 Å². The molecule has 0 saturated carbocycles. The van der Waals surface area contributed by atoms with Gasteiger partial charge < -0.3 is 24.2 Å². The van der Waals surface area contributed by atoms with Gasteiger partial charge in [0.05, 0.1) is 19.8 Å². The Morgan fingerprint density at radius 2 is 2.25 bits per heavy atom. The lowest BCUT2D eigenvalue weighted by molar-refractivity contribution is -0.0406. The number of hydrogen-bond acceptors (Lipinski definition) is 5. The lowest BCUT2D eigenvalue weighted by Gasteiger charge is -2.30. The van der Waals surface area contributed by atoms with Gasteiger partial charge >= 0.3 is 0 Å². The van der Waals surface area contributed by atoms with E-state index in [1.165, 1.54) is 0 Å². The largest absolute Gasteiger partial charge is 0.493 e. The highest BCUT2D eigenvalue weighted by Crippen LogP contribution is 2.30. The summed E-state index contributed by atoms with van der Waals surface area (Å²) >= 11 is 0. The fourth-order valence-corrected chi connectivity index (χ4v) is 2.21. The zero-order valence-electron chi connectivity index (χ0n) is 12.3. The van der Waals surface area contributed by atoms with E-state index >= 15 is 0 Å². The van der Waals surface area contributed by atoms with E-state index in [1.807, 2.05) is 12.1 Å². The molecule has 2 atom stereocenters. The number of aliphatic hydroxyl groups excluding tert-OH is 1. The molecule has 2 rings (SSSR count). The normalized spacial score (nSPS) is 21.5. The minimum Gasteiger partial charge on any atom is -0.493 e. The summed E-state index contributed by atoms with van der Waals surface area (Å²) in [5, 5.41) is 9.58. The standard InChI is InChI=1S/C15H23NO4/c1-11(17)12-4-5-14(15(8-12)18-3)20-10-13-9-16(2)6-7-19-13/h4-5,8,11,13,17H,6-7,9-10H2,1-3H3. The van der Waals surface area contributed by atoms with E-state index in [9.17, 15) is 5.11 Å². The van der Waals surface area contributed by atoms with Crippen LogP contribution in [0.25, 0.3) is 0 Å². The van der Waals surface area contributed by atoms with Crippen LogP contribution in [0.1, 0.15) is 18.6 Å². The van der Waals surface area contributed by atoms with Crippen LogP contribution >= 0.6 is 0 Å².